The summed E-state index contributed by atoms with van der Waals surface area (Å²) in [6.45, 7) is 6.17. The Morgan fingerprint density at radius 1 is 1.16 bits per heavy atom. The van der Waals surface area contributed by atoms with Gasteiger partial charge in [0.2, 0.25) is 11.8 Å². The fraction of sp³-hybridized carbons (Fsp3) is 0.391. The van der Waals surface area contributed by atoms with Crippen LogP contribution in [0.4, 0.5) is 18.9 Å². The molecule has 0 spiro atoms. The van der Waals surface area contributed by atoms with Crippen molar-refractivity contribution in [1.29, 1.82) is 0 Å². The summed E-state index contributed by atoms with van der Waals surface area (Å²) >= 11 is 1.11. The van der Waals surface area contributed by atoms with E-state index in [1.54, 1.807) is 0 Å². The van der Waals surface area contributed by atoms with Gasteiger partial charge in [0.25, 0.3) is 0 Å². The number of anilines is 1. The van der Waals surface area contributed by atoms with E-state index in [0.717, 1.165) is 42.5 Å². The molecule has 3 rings (SSSR count). The van der Waals surface area contributed by atoms with Gasteiger partial charge in [-0.2, -0.15) is 13.2 Å². The number of carbonyl (C=O) groups is 2. The van der Waals surface area contributed by atoms with Crippen molar-refractivity contribution in [3.63, 3.8) is 0 Å². The molecule has 0 saturated heterocycles. The molecule has 0 aromatic heterocycles. The number of carbonyl (C=O) groups excluding carboxylic acids is 2. The van der Waals surface area contributed by atoms with Crippen molar-refractivity contribution in [3.05, 3.63) is 59.7 Å². The highest BCUT2D eigenvalue weighted by Gasteiger charge is 2.34. The number of likely N-dealkylation sites (N-methyl/N-ethyl adjacent to an activating group) is 1. The van der Waals surface area contributed by atoms with Crippen LogP contribution in [0.25, 0.3) is 0 Å². The number of alkyl halides is 3. The third kappa shape index (κ3) is 5.83. The van der Waals surface area contributed by atoms with Crippen molar-refractivity contribution in [2.45, 2.75) is 42.6 Å². The lowest BCUT2D eigenvalue weighted by Crippen LogP contribution is -2.40. The molecular weight excluding hydrogens is 439 g/mol. The second kappa shape index (κ2) is 10.4. The first kappa shape index (κ1) is 24.1. The molecule has 32 heavy (non-hydrogen) atoms. The van der Waals surface area contributed by atoms with Crippen LogP contribution in [0.15, 0.2) is 53.4 Å². The molecule has 9 heteroatoms. The number of hydrogen-bond acceptors (Lipinski definition) is 4. The first-order chi connectivity index (χ1) is 15.2. The number of nitrogens with one attached hydrogen (secondary N) is 2. The van der Waals surface area contributed by atoms with Crippen LogP contribution in [-0.2, 0) is 15.8 Å². The van der Waals surface area contributed by atoms with E-state index < -0.39 is 22.9 Å². The van der Waals surface area contributed by atoms with Gasteiger partial charge < -0.3 is 10.6 Å². The predicted octanol–water partition coefficient (Wildman–Crippen LogP) is 4.71. The molecular formula is C23H26F3N3O2S. The van der Waals surface area contributed by atoms with Crippen LogP contribution < -0.4 is 10.6 Å². The Balaban J connectivity index is 1.63. The van der Waals surface area contributed by atoms with Gasteiger partial charge in [0.1, 0.15) is 0 Å². The number of rotatable bonds is 8. The zero-order valence-corrected chi connectivity index (χ0v) is 18.7. The minimum Gasteiger partial charge on any atom is -0.354 e. The standard InChI is InChI=1S/C23H26F3N3O2S/c1-3-29(4-2)18(15-8-6-5-7-9-15)14-27-21(30)13-20-22(31)28-17-12-16(23(24,25)26)10-11-19(17)32-20/h5-12,18,20H,3-4,13-14H2,1-2H3,(H,27,30)(H,28,31). The fourth-order valence-electron chi connectivity index (χ4n) is 3.71. The number of benzene rings is 2. The molecule has 1 heterocycles. The van der Waals surface area contributed by atoms with E-state index in [2.05, 4.69) is 29.4 Å². The number of amides is 2. The van der Waals surface area contributed by atoms with Gasteiger partial charge in [0.15, 0.2) is 0 Å². The summed E-state index contributed by atoms with van der Waals surface area (Å²) in [5, 5.41) is 4.73. The molecule has 2 atom stereocenters. The van der Waals surface area contributed by atoms with Gasteiger partial charge in [-0.15, -0.1) is 11.8 Å². The van der Waals surface area contributed by atoms with E-state index >= 15 is 0 Å². The molecule has 172 valence electrons. The molecule has 5 nitrogen and oxygen atoms in total. The second-order valence-electron chi connectivity index (χ2n) is 7.46. The van der Waals surface area contributed by atoms with Crippen LogP contribution in [0.1, 0.15) is 37.4 Å². The highest BCUT2D eigenvalue weighted by atomic mass is 32.2. The molecule has 1 aliphatic heterocycles. The fourth-order valence-corrected chi connectivity index (χ4v) is 4.80. The van der Waals surface area contributed by atoms with Crippen LogP contribution >= 0.6 is 11.8 Å². The van der Waals surface area contributed by atoms with E-state index in [1.807, 2.05) is 30.3 Å². The number of nitrogens with zero attached hydrogens (tertiary/aromatic N) is 1. The zero-order chi connectivity index (χ0) is 23.3. The molecule has 2 amide bonds. The molecule has 0 saturated carbocycles. The van der Waals surface area contributed by atoms with Crippen molar-refractivity contribution in [1.82, 2.24) is 10.2 Å². The number of hydrogen-bond donors (Lipinski definition) is 2. The zero-order valence-electron chi connectivity index (χ0n) is 17.9. The summed E-state index contributed by atoms with van der Waals surface area (Å²) in [7, 11) is 0. The lowest BCUT2D eigenvalue weighted by molar-refractivity contribution is -0.137. The van der Waals surface area contributed by atoms with Gasteiger partial charge in [0.05, 0.1) is 22.5 Å². The van der Waals surface area contributed by atoms with E-state index in [9.17, 15) is 22.8 Å². The van der Waals surface area contributed by atoms with Crippen molar-refractivity contribution >= 4 is 29.3 Å². The Hall–Kier alpha value is -2.52. The molecule has 2 aromatic rings. The van der Waals surface area contributed by atoms with Crippen molar-refractivity contribution in [3.8, 4) is 0 Å². The highest BCUT2D eigenvalue weighted by Crippen LogP contribution is 2.40. The monoisotopic (exact) mass is 465 g/mol. The van der Waals surface area contributed by atoms with Gasteiger partial charge in [-0.25, -0.2) is 0 Å². The van der Waals surface area contributed by atoms with Crippen molar-refractivity contribution in [2.24, 2.45) is 0 Å². The molecule has 2 unspecified atom stereocenters. The minimum atomic E-state index is -4.48. The molecule has 0 fully saturated rings. The first-order valence-corrected chi connectivity index (χ1v) is 11.3. The third-order valence-corrected chi connectivity index (χ3v) is 6.70. The normalized spacial score (nSPS) is 16.9. The average molecular weight is 466 g/mol. The number of halogens is 3. The number of thioether (sulfide) groups is 1. The lowest BCUT2D eigenvalue weighted by atomic mass is 10.0. The summed E-state index contributed by atoms with van der Waals surface area (Å²) in [5.41, 5.74) is 0.393. The smallest absolute Gasteiger partial charge is 0.354 e. The summed E-state index contributed by atoms with van der Waals surface area (Å²) < 4.78 is 38.7. The predicted molar refractivity (Wildman–Crippen MR) is 119 cm³/mol. The summed E-state index contributed by atoms with van der Waals surface area (Å²) in [5.74, 6) is -0.749. The van der Waals surface area contributed by atoms with E-state index in [4.69, 9.17) is 0 Å². The van der Waals surface area contributed by atoms with E-state index in [1.165, 1.54) is 6.07 Å². The van der Waals surface area contributed by atoms with Crippen molar-refractivity contribution < 1.29 is 22.8 Å². The van der Waals surface area contributed by atoms with Crippen LogP contribution in [0.3, 0.4) is 0 Å². The first-order valence-electron chi connectivity index (χ1n) is 10.5. The maximum absolute atomic E-state index is 12.9. The number of fused-ring (bicyclic) bond motifs is 1. The topological polar surface area (TPSA) is 61.4 Å². The van der Waals surface area contributed by atoms with Crippen molar-refractivity contribution in [2.75, 3.05) is 25.0 Å². The summed E-state index contributed by atoms with van der Waals surface area (Å²) in [6.07, 6.45) is -4.54. The Morgan fingerprint density at radius 2 is 1.84 bits per heavy atom. The van der Waals surface area contributed by atoms with E-state index in [-0.39, 0.29) is 24.1 Å². The maximum atomic E-state index is 12.9. The molecule has 1 aliphatic rings. The Morgan fingerprint density at radius 3 is 2.47 bits per heavy atom. The molecule has 2 aromatic carbocycles. The Kier molecular flexibility index (Phi) is 7.84. The largest absolute Gasteiger partial charge is 0.416 e. The quantitative estimate of drug-likeness (QED) is 0.593. The molecule has 0 aliphatic carbocycles. The van der Waals surface area contributed by atoms with Gasteiger partial charge in [-0.3, -0.25) is 14.5 Å². The van der Waals surface area contributed by atoms with Crippen LogP contribution in [0.5, 0.6) is 0 Å². The van der Waals surface area contributed by atoms with Gasteiger partial charge in [-0.1, -0.05) is 44.2 Å². The summed E-state index contributed by atoms with van der Waals surface area (Å²) in [6, 6.07) is 13.1. The highest BCUT2D eigenvalue weighted by molar-refractivity contribution is 8.01. The van der Waals surface area contributed by atoms with Gasteiger partial charge in [0, 0.05) is 17.9 Å². The van der Waals surface area contributed by atoms with Crippen LogP contribution in [0, 0.1) is 0 Å². The maximum Gasteiger partial charge on any atom is 0.416 e. The summed E-state index contributed by atoms with van der Waals surface area (Å²) in [4.78, 5) is 27.8. The minimum absolute atomic E-state index is 0.00417. The average Bonchev–Trinajstić information content (AvgIpc) is 2.76. The van der Waals surface area contributed by atoms with Gasteiger partial charge in [-0.05, 0) is 36.9 Å². The molecule has 2 N–H and O–H groups in total. The van der Waals surface area contributed by atoms with Gasteiger partial charge >= 0.3 is 6.18 Å². The van der Waals surface area contributed by atoms with Crippen LogP contribution in [-0.4, -0.2) is 41.6 Å². The molecule has 0 radical (unpaired) electrons. The Bertz CT molecular complexity index is 949. The van der Waals surface area contributed by atoms with Crippen LogP contribution in [0.2, 0.25) is 0 Å². The van der Waals surface area contributed by atoms with E-state index in [0.29, 0.717) is 11.4 Å². The molecule has 0 bridgehead atoms. The SMILES string of the molecule is CCN(CC)C(CNC(=O)CC1Sc2ccc(C(F)(F)F)cc2NC1=O)c1ccccc1. The Labute approximate surface area is 189 Å². The lowest BCUT2D eigenvalue weighted by Gasteiger charge is -2.30. The second-order valence-corrected chi connectivity index (χ2v) is 8.70. The third-order valence-electron chi connectivity index (χ3n) is 5.43.